The van der Waals surface area contributed by atoms with E-state index in [0.29, 0.717) is 0 Å². The summed E-state index contributed by atoms with van der Waals surface area (Å²) in [5.74, 6) is -0.957. The fourth-order valence-corrected chi connectivity index (χ4v) is 2.62. The number of benzene rings is 1. The normalized spacial score (nSPS) is 10.1. The number of aromatic carboxylic acids is 1. The summed E-state index contributed by atoms with van der Waals surface area (Å²) in [6, 6.07) is 10.9. The predicted octanol–water partition coefficient (Wildman–Crippen LogP) is 3.18. The first-order valence-electron chi connectivity index (χ1n) is 6.33. The van der Waals surface area contributed by atoms with Gasteiger partial charge in [0.15, 0.2) is 0 Å². The molecule has 0 saturated heterocycles. The maximum atomic E-state index is 11.6. The van der Waals surface area contributed by atoms with Crippen LogP contribution in [0, 0.1) is 6.92 Å². The predicted molar refractivity (Wildman–Crippen MR) is 79.5 cm³/mol. The van der Waals surface area contributed by atoms with E-state index in [4.69, 9.17) is 9.84 Å². The standard InChI is InChI=1S/C15H15NO4S/c1-10-12(7-13(21-10)14(17)18)8-16-15(19)20-9-11-5-3-2-4-6-11/h2-7H,8-9H2,1H3,(H,16,19)(H,17,18). The van der Waals surface area contributed by atoms with Crippen LogP contribution < -0.4 is 5.32 Å². The molecule has 110 valence electrons. The van der Waals surface area contributed by atoms with Crippen molar-refractivity contribution in [3.63, 3.8) is 0 Å². The number of hydrogen-bond acceptors (Lipinski definition) is 4. The lowest BCUT2D eigenvalue weighted by molar-refractivity contribution is 0.0702. The van der Waals surface area contributed by atoms with Crippen molar-refractivity contribution >= 4 is 23.4 Å². The van der Waals surface area contributed by atoms with Gasteiger partial charge < -0.3 is 15.2 Å². The third-order valence-electron chi connectivity index (χ3n) is 2.87. The van der Waals surface area contributed by atoms with Crippen molar-refractivity contribution in [3.05, 3.63) is 57.3 Å². The third-order valence-corrected chi connectivity index (χ3v) is 3.95. The Labute approximate surface area is 126 Å². The van der Waals surface area contributed by atoms with E-state index in [1.807, 2.05) is 37.3 Å². The van der Waals surface area contributed by atoms with Gasteiger partial charge in [0.25, 0.3) is 0 Å². The Morgan fingerprint density at radius 3 is 2.62 bits per heavy atom. The molecule has 0 spiro atoms. The van der Waals surface area contributed by atoms with Gasteiger partial charge in [-0.2, -0.15) is 0 Å². The lowest BCUT2D eigenvalue weighted by atomic mass is 10.2. The Kier molecular flexibility index (Phi) is 4.94. The average Bonchev–Trinajstić information content (AvgIpc) is 2.85. The topological polar surface area (TPSA) is 75.6 Å². The van der Waals surface area contributed by atoms with Gasteiger partial charge in [0.2, 0.25) is 0 Å². The number of carbonyl (C=O) groups is 2. The molecular weight excluding hydrogens is 290 g/mol. The lowest BCUT2D eigenvalue weighted by Gasteiger charge is -2.06. The SMILES string of the molecule is Cc1sc(C(=O)O)cc1CNC(=O)OCc1ccccc1. The molecule has 2 rings (SSSR count). The van der Waals surface area contributed by atoms with E-state index in [1.54, 1.807) is 6.07 Å². The smallest absolute Gasteiger partial charge is 0.407 e. The Morgan fingerprint density at radius 1 is 1.29 bits per heavy atom. The minimum atomic E-state index is -0.957. The lowest BCUT2D eigenvalue weighted by Crippen LogP contribution is -2.23. The summed E-state index contributed by atoms with van der Waals surface area (Å²) < 4.78 is 5.08. The van der Waals surface area contributed by atoms with Crippen molar-refractivity contribution in [2.75, 3.05) is 0 Å². The molecule has 1 amide bonds. The highest BCUT2D eigenvalue weighted by Gasteiger charge is 2.12. The first-order chi connectivity index (χ1) is 10.1. The number of thiophene rings is 1. The highest BCUT2D eigenvalue weighted by atomic mass is 32.1. The van der Waals surface area contributed by atoms with E-state index in [-0.39, 0.29) is 18.0 Å². The second kappa shape index (κ2) is 6.90. The van der Waals surface area contributed by atoms with Crippen molar-refractivity contribution in [2.24, 2.45) is 0 Å². The Hall–Kier alpha value is -2.34. The van der Waals surface area contributed by atoms with Crippen molar-refractivity contribution < 1.29 is 19.4 Å². The second-order valence-electron chi connectivity index (χ2n) is 4.41. The number of hydrogen-bond donors (Lipinski definition) is 2. The van der Waals surface area contributed by atoms with Crippen molar-refractivity contribution in [3.8, 4) is 0 Å². The minimum absolute atomic E-state index is 0.204. The quantitative estimate of drug-likeness (QED) is 0.889. The summed E-state index contributed by atoms with van der Waals surface area (Å²) in [6.07, 6.45) is -0.527. The molecule has 0 bridgehead atoms. The molecule has 0 atom stereocenters. The Balaban J connectivity index is 1.82. The molecular formula is C15H15NO4S. The highest BCUT2D eigenvalue weighted by molar-refractivity contribution is 7.14. The summed E-state index contributed by atoms with van der Waals surface area (Å²) in [7, 11) is 0. The molecule has 21 heavy (non-hydrogen) atoms. The molecule has 1 aromatic heterocycles. The van der Waals surface area contributed by atoms with Crippen LogP contribution in [-0.4, -0.2) is 17.2 Å². The summed E-state index contributed by atoms with van der Waals surface area (Å²) in [5, 5.41) is 11.5. The molecule has 5 nitrogen and oxygen atoms in total. The van der Waals surface area contributed by atoms with Gasteiger partial charge in [0.05, 0.1) is 0 Å². The molecule has 0 aliphatic heterocycles. The minimum Gasteiger partial charge on any atom is -0.477 e. The molecule has 0 saturated carbocycles. The van der Waals surface area contributed by atoms with Crippen LogP contribution in [0.15, 0.2) is 36.4 Å². The van der Waals surface area contributed by atoms with E-state index in [1.165, 1.54) is 11.3 Å². The van der Waals surface area contributed by atoms with Gasteiger partial charge in [0.1, 0.15) is 11.5 Å². The Morgan fingerprint density at radius 2 is 2.00 bits per heavy atom. The third kappa shape index (κ3) is 4.32. The first-order valence-corrected chi connectivity index (χ1v) is 7.15. The monoisotopic (exact) mass is 305 g/mol. The zero-order valence-corrected chi connectivity index (χ0v) is 12.3. The number of carboxylic acids is 1. The molecule has 0 aliphatic carbocycles. The van der Waals surface area contributed by atoms with Gasteiger partial charge in [-0.25, -0.2) is 9.59 Å². The Bertz CT molecular complexity index is 636. The van der Waals surface area contributed by atoms with Gasteiger partial charge in [-0.1, -0.05) is 30.3 Å². The molecule has 1 aromatic carbocycles. The number of rotatable bonds is 5. The molecule has 0 aliphatic rings. The van der Waals surface area contributed by atoms with Crippen LogP contribution in [0.2, 0.25) is 0 Å². The molecule has 2 N–H and O–H groups in total. The van der Waals surface area contributed by atoms with E-state index in [0.717, 1.165) is 16.0 Å². The van der Waals surface area contributed by atoms with Gasteiger partial charge in [-0.15, -0.1) is 11.3 Å². The maximum Gasteiger partial charge on any atom is 0.407 e. The largest absolute Gasteiger partial charge is 0.477 e. The van der Waals surface area contributed by atoms with Crippen LogP contribution >= 0.6 is 11.3 Å². The first kappa shape index (κ1) is 15.1. The van der Waals surface area contributed by atoms with Gasteiger partial charge in [0, 0.05) is 11.4 Å². The second-order valence-corrected chi connectivity index (χ2v) is 5.67. The number of aryl methyl sites for hydroxylation is 1. The molecule has 0 fully saturated rings. The molecule has 0 radical (unpaired) electrons. The average molecular weight is 305 g/mol. The zero-order valence-electron chi connectivity index (χ0n) is 11.5. The number of alkyl carbamates (subject to hydrolysis) is 1. The van der Waals surface area contributed by atoms with E-state index in [9.17, 15) is 9.59 Å². The number of nitrogens with one attached hydrogen (secondary N) is 1. The number of carbonyl (C=O) groups excluding carboxylic acids is 1. The van der Waals surface area contributed by atoms with Crippen LogP contribution in [0.3, 0.4) is 0 Å². The van der Waals surface area contributed by atoms with Crippen LogP contribution in [0.25, 0.3) is 0 Å². The maximum absolute atomic E-state index is 11.6. The van der Waals surface area contributed by atoms with Gasteiger partial charge in [-0.3, -0.25) is 0 Å². The number of carboxylic acid groups (broad SMARTS) is 1. The van der Waals surface area contributed by atoms with Crippen LogP contribution in [0.4, 0.5) is 4.79 Å². The van der Waals surface area contributed by atoms with E-state index < -0.39 is 12.1 Å². The summed E-state index contributed by atoms with van der Waals surface area (Å²) in [6.45, 7) is 2.28. The molecule has 6 heteroatoms. The van der Waals surface area contributed by atoms with Gasteiger partial charge >= 0.3 is 12.1 Å². The molecule has 0 unspecified atom stereocenters. The van der Waals surface area contributed by atoms with Crippen LogP contribution in [-0.2, 0) is 17.9 Å². The fraction of sp³-hybridized carbons (Fsp3) is 0.200. The van der Waals surface area contributed by atoms with Crippen molar-refractivity contribution in [2.45, 2.75) is 20.1 Å². The zero-order chi connectivity index (χ0) is 15.2. The van der Waals surface area contributed by atoms with Crippen molar-refractivity contribution in [1.29, 1.82) is 0 Å². The van der Waals surface area contributed by atoms with Gasteiger partial charge in [-0.05, 0) is 24.1 Å². The van der Waals surface area contributed by atoms with Crippen LogP contribution in [0.5, 0.6) is 0 Å². The summed E-state index contributed by atoms with van der Waals surface area (Å²) >= 11 is 1.19. The summed E-state index contributed by atoms with van der Waals surface area (Å²) in [5.41, 5.74) is 1.70. The van der Waals surface area contributed by atoms with E-state index >= 15 is 0 Å². The molecule has 2 aromatic rings. The van der Waals surface area contributed by atoms with E-state index in [2.05, 4.69) is 5.32 Å². The summed E-state index contributed by atoms with van der Waals surface area (Å²) in [4.78, 5) is 23.6. The van der Waals surface area contributed by atoms with Crippen LogP contribution in [0.1, 0.15) is 25.7 Å². The van der Waals surface area contributed by atoms with Crippen molar-refractivity contribution in [1.82, 2.24) is 5.32 Å². The number of ether oxygens (including phenoxy) is 1. The highest BCUT2D eigenvalue weighted by Crippen LogP contribution is 2.21. The fourth-order valence-electron chi connectivity index (χ4n) is 1.74. The number of amides is 1. The molecule has 1 heterocycles.